The minimum atomic E-state index is -2.87. The number of thiophene rings is 1. The van der Waals surface area contributed by atoms with Crippen LogP contribution in [0.15, 0.2) is 57.2 Å². The number of rotatable bonds is 5. The molecule has 146 valence electrons. The Kier molecular flexibility index (Phi) is 6.05. The highest BCUT2D eigenvalue weighted by atomic mass is 32.2. The first-order valence-corrected chi connectivity index (χ1v) is 11.3. The number of benzene rings is 1. The van der Waals surface area contributed by atoms with E-state index in [4.69, 9.17) is 4.74 Å². The number of hydrogen-bond donors (Lipinski definition) is 1. The lowest BCUT2D eigenvalue weighted by Crippen LogP contribution is -2.05. The van der Waals surface area contributed by atoms with Crippen LogP contribution in [-0.4, -0.2) is 33.1 Å². The van der Waals surface area contributed by atoms with E-state index in [0.29, 0.717) is 10.8 Å². The Morgan fingerprint density at radius 3 is 2.64 bits per heavy atom. The van der Waals surface area contributed by atoms with Gasteiger partial charge in [0, 0.05) is 33.5 Å². The molecule has 1 unspecified atom stereocenters. The molecule has 0 saturated heterocycles. The summed E-state index contributed by atoms with van der Waals surface area (Å²) in [7, 11) is -2.87. The van der Waals surface area contributed by atoms with Gasteiger partial charge in [-0.25, -0.2) is 19.0 Å². The van der Waals surface area contributed by atoms with E-state index >= 15 is 0 Å². The Morgan fingerprint density at radius 2 is 2.04 bits per heavy atom. The molecule has 2 heterocycles. The highest BCUT2D eigenvalue weighted by Gasteiger charge is 2.11. The van der Waals surface area contributed by atoms with Crippen molar-refractivity contribution >= 4 is 38.8 Å². The Labute approximate surface area is 168 Å². The van der Waals surface area contributed by atoms with Crippen molar-refractivity contribution in [1.82, 2.24) is 9.97 Å². The lowest BCUT2D eigenvalue weighted by atomic mass is 10.2. The Morgan fingerprint density at radius 1 is 1.29 bits per heavy atom. The second kappa shape index (κ2) is 8.49. The smallest absolute Gasteiger partial charge is 0.442 e. The fourth-order valence-electron chi connectivity index (χ4n) is 2.47. The minimum Gasteiger partial charge on any atom is -0.448 e. The zero-order chi connectivity index (χ0) is 20.1. The van der Waals surface area contributed by atoms with Gasteiger partial charge in [0.25, 0.3) is 0 Å². The van der Waals surface area contributed by atoms with Gasteiger partial charge in [0.2, 0.25) is 5.95 Å². The number of carbonyl (C=O) groups excluding carboxylic acids is 1. The summed E-state index contributed by atoms with van der Waals surface area (Å²) >= 11 is 1.64. The summed E-state index contributed by atoms with van der Waals surface area (Å²) in [6.07, 6.45) is 2.37. The molecule has 2 aromatic heterocycles. The van der Waals surface area contributed by atoms with Gasteiger partial charge in [0.15, 0.2) is 0 Å². The van der Waals surface area contributed by atoms with Crippen LogP contribution in [0.3, 0.4) is 0 Å². The van der Waals surface area contributed by atoms with Gasteiger partial charge in [-0.3, -0.25) is 0 Å². The number of anilines is 2. The van der Waals surface area contributed by atoms with E-state index in [9.17, 15) is 9.00 Å². The standard InChI is InChI=1S/C19H20N4O3S2/c1-4-26-19(24)23-28(3,25)15-9-7-14(8-10-15)22-18-20-12-16(13(2)21-18)17-6-5-11-27-17/h5-12H,4H2,1-3H3,(H,20,21,22). The average Bonchev–Trinajstić information content (AvgIpc) is 3.16. The number of hydrogen-bond acceptors (Lipinski definition) is 7. The van der Waals surface area contributed by atoms with Gasteiger partial charge >= 0.3 is 6.09 Å². The maximum absolute atomic E-state index is 12.6. The third-order valence-electron chi connectivity index (χ3n) is 3.83. The number of nitrogens with zero attached hydrogens (tertiary/aromatic N) is 3. The quantitative estimate of drug-likeness (QED) is 0.638. The second-order valence-electron chi connectivity index (χ2n) is 5.91. The van der Waals surface area contributed by atoms with Gasteiger partial charge < -0.3 is 10.1 Å². The van der Waals surface area contributed by atoms with Crippen LogP contribution >= 0.6 is 11.3 Å². The van der Waals surface area contributed by atoms with Gasteiger partial charge in [0.05, 0.1) is 22.0 Å². The van der Waals surface area contributed by atoms with Gasteiger partial charge in [0.1, 0.15) is 0 Å². The maximum Gasteiger partial charge on any atom is 0.442 e. The van der Waals surface area contributed by atoms with Crippen molar-refractivity contribution in [3.63, 3.8) is 0 Å². The SMILES string of the molecule is CCOC(=O)N=S(C)(=O)c1ccc(Nc2ncc(-c3cccs3)c(C)n2)cc1. The molecule has 9 heteroatoms. The summed E-state index contributed by atoms with van der Waals surface area (Å²) in [6.45, 7) is 3.79. The Bertz CT molecular complexity index is 1090. The van der Waals surface area contributed by atoms with Crippen molar-refractivity contribution in [3.05, 3.63) is 53.7 Å². The number of aryl methyl sites for hydroxylation is 1. The fraction of sp³-hybridized carbons (Fsp3) is 0.211. The summed E-state index contributed by atoms with van der Waals surface area (Å²) in [5, 5.41) is 5.14. The zero-order valence-corrected chi connectivity index (χ0v) is 17.3. The topological polar surface area (TPSA) is 93.5 Å². The van der Waals surface area contributed by atoms with Gasteiger partial charge in [-0.05, 0) is 49.6 Å². The molecule has 3 aromatic rings. The predicted molar refractivity (Wildman–Crippen MR) is 112 cm³/mol. The number of amides is 1. The maximum atomic E-state index is 12.6. The normalized spacial score (nSPS) is 12.8. The van der Waals surface area contributed by atoms with E-state index in [-0.39, 0.29) is 6.61 Å². The molecule has 0 fully saturated rings. The summed E-state index contributed by atoms with van der Waals surface area (Å²) in [4.78, 5) is 21.9. The van der Waals surface area contributed by atoms with Crippen LogP contribution in [0.1, 0.15) is 12.6 Å². The first-order valence-electron chi connectivity index (χ1n) is 8.52. The number of carbonyl (C=O) groups is 1. The summed E-state index contributed by atoms with van der Waals surface area (Å²) in [6, 6.07) is 10.8. The van der Waals surface area contributed by atoms with Crippen molar-refractivity contribution in [3.8, 4) is 10.4 Å². The lowest BCUT2D eigenvalue weighted by Gasteiger charge is -2.09. The lowest BCUT2D eigenvalue weighted by molar-refractivity contribution is 0.164. The number of nitrogens with one attached hydrogen (secondary N) is 1. The Balaban J connectivity index is 1.77. The van der Waals surface area contributed by atoms with E-state index in [1.54, 1.807) is 48.7 Å². The van der Waals surface area contributed by atoms with Crippen molar-refractivity contribution in [2.45, 2.75) is 18.7 Å². The molecule has 1 amide bonds. The van der Waals surface area contributed by atoms with Crippen LogP contribution in [0.2, 0.25) is 0 Å². The van der Waals surface area contributed by atoms with Gasteiger partial charge in [-0.2, -0.15) is 0 Å². The van der Waals surface area contributed by atoms with Crippen molar-refractivity contribution in [2.75, 3.05) is 18.2 Å². The predicted octanol–water partition coefficient (Wildman–Crippen LogP) is 4.87. The van der Waals surface area contributed by atoms with E-state index in [1.807, 2.05) is 24.4 Å². The largest absolute Gasteiger partial charge is 0.448 e. The molecular formula is C19H20N4O3S2. The van der Waals surface area contributed by atoms with Crippen molar-refractivity contribution in [1.29, 1.82) is 0 Å². The highest BCUT2D eigenvalue weighted by molar-refractivity contribution is 7.93. The summed E-state index contributed by atoms with van der Waals surface area (Å²) in [5.74, 6) is 0.471. The van der Waals surface area contributed by atoms with Crippen molar-refractivity contribution < 1.29 is 13.7 Å². The van der Waals surface area contributed by atoms with Crippen LogP contribution in [0.4, 0.5) is 16.4 Å². The molecule has 0 bridgehead atoms. The first-order chi connectivity index (χ1) is 13.4. The van der Waals surface area contributed by atoms with Crippen molar-refractivity contribution in [2.24, 2.45) is 4.36 Å². The van der Waals surface area contributed by atoms with Crippen LogP contribution in [0.25, 0.3) is 10.4 Å². The molecule has 28 heavy (non-hydrogen) atoms. The second-order valence-corrected chi connectivity index (χ2v) is 9.12. The molecule has 7 nitrogen and oxygen atoms in total. The molecule has 1 aromatic carbocycles. The highest BCUT2D eigenvalue weighted by Crippen LogP contribution is 2.27. The molecule has 1 atom stereocenters. The fourth-order valence-corrected chi connectivity index (χ4v) is 4.34. The molecule has 0 spiro atoms. The molecule has 1 N–H and O–H groups in total. The molecule has 3 rings (SSSR count). The third kappa shape index (κ3) is 4.73. The van der Waals surface area contributed by atoms with Gasteiger partial charge in [-0.1, -0.05) is 6.07 Å². The summed E-state index contributed by atoms with van der Waals surface area (Å²) < 4.78 is 21.0. The molecule has 0 saturated carbocycles. The first kappa shape index (κ1) is 20.0. The van der Waals surface area contributed by atoms with Crippen LogP contribution in [0, 0.1) is 6.92 Å². The molecule has 0 radical (unpaired) electrons. The minimum absolute atomic E-state index is 0.186. The summed E-state index contributed by atoms with van der Waals surface area (Å²) in [5.41, 5.74) is 2.61. The zero-order valence-electron chi connectivity index (χ0n) is 15.7. The molecule has 0 aliphatic heterocycles. The van der Waals surface area contributed by atoms with E-state index in [1.165, 1.54) is 6.26 Å². The van der Waals surface area contributed by atoms with Gasteiger partial charge in [-0.15, -0.1) is 15.7 Å². The van der Waals surface area contributed by atoms with Crippen LogP contribution < -0.4 is 5.32 Å². The molecule has 0 aliphatic rings. The number of ether oxygens (including phenoxy) is 1. The molecular weight excluding hydrogens is 396 g/mol. The molecule has 0 aliphatic carbocycles. The Hall–Kier alpha value is -2.78. The number of aromatic nitrogens is 2. The van der Waals surface area contributed by atoms with Crippen LogP contribution in [-0.2, 0) is 14.5 Å². The van der Waals surface area contributed by atoms with E-state index in [0.717, 1.165) is 21.8 Å². The van der Waals surface area contributed by atoms with E-state index < -0.39 is 15.8 Å². The monoisotopic (exact) mass is 416 g/mol. The third-order valence-corrected chi connectivity index (χ3v) is 6.38. The average molecular weight is 417 g/mol. The van der Waals surface area contributed by atoms with Crippen LogP contribution in [0.5, 0.6) is 0 Å². The van der Waals surface area contributed by atoms with E-state index in [2.05, 4.69) is 19.6 Å².